The summed E-state index contributed by atoms with van der Waals surface area (Å²) in [5.41, 5.74) is 1.21. The van der Waals surface area contributed by atoms with Gasteiger partial charge in [0, 0.05) is 11.1 Å². The van der Waals surface area contributed by atoms with Crippen molar-refractivity contribution in [3.63, 3.8) is 0 Å². The number of benzene rings is 3. The topological polar surface area (TPSA) is 116 Å². The van der Waals surface area contributed by atoms with Gasteiger partial charge < -0.3 is 23.7 Å². The van der Waals surface area contributed by atoms with Crippen molar-refractivity contribution in [1.82, 2.24) is 0 Å². The molecule has 0 fully saturated rings. The molecule has 0 aliphatic carbocycles. The number of esters is 1. The third-order valence-electron chi connectivity index (χ3n) is 6.45. The number of carbonyl (C=O) groups is 3. The SMILES string of the molecule is CCOC(=O)c1cccc(N2C(=O)C(O)=C(C(=O)c3cc4cccc(OC)c4o3)C2c2cccc(OC)c2)c1. The van der Waals surface area contributed by atoms with Gasteiger partial charge in [0.15, 0.2) is 22.9 Å². The van der Waals surface area contributed by atoms with E-state index >= 15 is 0 Å². The number of ether oxygens (including phenoxy) is 3. The predicted molar refractivity (Wildman–Crippen MR) is 142 cm³/mol. The lowest BCUT2D eigenvalue weighted by Crippen LogP contribution is -2.31. The van der Waals surface area contributed by atoms with Gasteiger partial charge in [0.1, 0.15) is 5.75 Å². The maximum atomic E-state index is 13.9. The average Bonchev–Trinajstić information content (AvgIpc) is 3.52. The van der Waals surface area contributed by atoms with Crippen LogP contribution in [0.25, 0.3) is 11.0 Å². The molecule has 0 spiro atoms. The predicted octanol–water partition coefficient (Wildman–Crippen LogP) is 5.41. The van der Waals surface area contributed by atoms with Gasteiger partial charge in [-0.25, -0.2) is 4.79 Å². The molecule has 1 unspecified atom stereocenters. The number of Topliss-reactive ketones (excluding diaryl/α,β-unsaturated/α-hetero) is 1. The maximum absolute atomic E-state index is 13.9. The average molecular weight is 528 g/mol. The molecule has 0 radical (unpaired) electrons. The molecular formula is C30H25NO8. The first kappa shape index (κ1) is 25.6. The van der Waals surface area contributed by atoms with Gasteiger partial charge in [-0.2, -0.15) is 0 Å². The van der Waals surface area contributed by atoms with Gasteiger partial charge in [-0.3, -0.25) is 14.5 Å². The van der Waals surface area contributed by atoms with E-state index in [2.05, 4.69) is 0 Å². The van der Waals surface area contributed by atoms with Gasteiger partial charge in [0.2, 0.25) is 5.78 Å². The number of anilines is 1. The zero-order chi connectivity index (χ0) is 27.7. The van der Waals surface area contributed by atoms with E-state index < -0.39 is 29.5 Å². The highest BCUT2D eigenvalue weighted by atomic mass is 16.5. The van der Waals surface area contributed by atoms with E-state index in [9.17, 15) is 19.5 Å². The third kappa shape index (κ3) is 4.48. The lowest BCUT2D eigenvalue weighted by Gasteiger charge is -2.27. The number of amides is 1. The molecular weight excluding hydrogens is 502 g/mol. The minimum atomic E-state index is -1.05. The number of methoxy groups -OCH3 is 2. The summed E-state index contributed by atoms with van der Waals surface area (Å²) in [7, 11) is 2.99. The van der Waals surface area contributed by atoms with E-state index in [1.54, 1.807) is 67.6 Å². The quantitative estimate of drug-likeness (QED) is 0.239. The van der Waals surface area contributed by atoms with Crippen molar-refractivity contribution in [2.24, 2.45) is 0 Å². The van der Waals surface area contributed by atoms with Crippen LogP contribution in [0, 0.1) is 0 Å². The molecule has 1 amide bonds. The van der Waals surface area contributed by atoms with Gasteiger partial charge in [-0.15, -0.1) is 0 Å². The molecule has 0 saturated heterocycles. The number of rotatable bonds is 8. The second-order valence-corrected chi connectivity index (χ2v) is 8.71. The highest BCUT2D eigenvalue weighted by molar-refractivity contribution is 6.21. The van der Waals surface area contributed by atoms with Crippen molar-refractivity contribution in [1.29, 1.82) is 0 Å². The fourth-order valence-corrected chi connectivity index (χ4v) is 4.67. The van der Waals surface area contributed by atoms with Crippen molar-refractivity contribution in [2.45, 2.75) is 13.0 Å². The summed E-state index contributed by atoms with van der Waals surface area (Å²) in [6.45, 7) is 1.87. The van der Waals surface area contributed by atoms with Crippen LogP contribution in [-0.2, 0) is 9.53 Å². The highest BCUT2D eigenvalue weighted by Gasteiger charge is 2.45. The molecule has 2 heterocycles. The zero-order valence-corrected chi connectivity index (χ0v) is 21.5. The molecule has 1 aliphatic heterocycles. The van der Waals surface area contributed by atoms with Crippen molar-refractivity contribution in [3.8, 4) is 11.5 Å². The molecule has 4 aromatic rings. The van der Waals surface area contributed by atoms with Gasteiger partial charge >= 0.3 is 5.97 Å². The normalized spacial score (nSPS) is 15.1. The summed E-state index contributed by atoms with van der Waals surface area (Å²) >= 11 is 0. The molecule has 9 heteroatoms. The van der Waals surface area contributed by atoms with Gasteiger partial charge in [0.25, 0.3) is 5.91 Å². The second kappa shape index (κ2) is 10.4. The van der Waals surface area contributed by atoms with Crippen LogP contribution in [-0.4, -0.2) is 43.6 Å². The standard InChI is InChI=1S/C30H25NO8/c1-4-38-30(35)19-10-5-11-20(14-19)31-25(17-8-6-12-21(15-17)36-2)24(27(33)29(31)34)26(32)23-16-18-9-7-13-22(37-3)28(18)39-23/h5-16,25,33H,4H2,1-3H3. The summed E-state index contributed by atoms with van der Waals surface area (Å²) in [6, 6.07) is 18.8. The molecule has 39 heavy (non-hydrogen) atoms. The summed E-state index contributed by atoms with van der Waals surface area (Å²) in [5.74, 6) is -1.90. The van der Waals surface area contributed by atoms with Crippen LogP contribution >= 0.6 is 0 Å². The Morgan fingerprint density at radius 2 is 1.74 bits per heavy atom. The van der Waals surface area contributed by atoms with E-state index in [1.807, 2.05) is 0 Å². The maximum Gasteiger partial charge on any atom is 0.338 e. The van der Waals surface area contributed by atoms with Gasteiger partial charge in [0.05, 0.1) is 38.0 Å². The molecule has 1 aliphatic rings. The van der Waals surface area contributed by atoms with Crippen molar-refractivity contribution in [3.05, 3.63) is 101 Å². The number of hydrogen-bond acceptors (Lipinski definition) is 8. The van der Waals surface area contributed by atoms with E-state index in [-0.39, 0.29) is 23.5 Å². The van der Waals surface area contributed by atoms with Crippen molar-refractivity contribution < 1.29 is 38.1 Å². The number of nitrogens with zero attached hydrogens (tertiary/aromatic N) is 1. The number of fused-ring (bicyclic) bond motifs is 1. The number of furan rings is 1. The molecule has 1 atom stereocenters. The first-order chi connectivity index (χ1) is 18.9. The number of hydrogen-bond donors (Lipinski definition) is 1. The largest absolute Gasteiger partial charge is 0.503 e. The molecule has 198 valence electrons. The summed E-state index contributed by atoms with van der Waals surface area (Å²) in [5, 5.41) is 11.7. The third-order valence-corrected chi connectivity index (χ3v) is 6.45. The monoisotopic (exact) mass is 527 g/mol. The van der Waals surface area contributed by atoms with Crippen LogP contribution in [0.4, 0.5) is 5.69 Å². The van der Waals surface area contributed by atoms with Gasteiger partial charge in [-0.05, 0) is 55.0 Å². The Balaban J connectivity index is 1.65. The lowest BCUT2D eigenvalue weighted by atomic mass is 9.94. The van der Waals surface area contributed by atoms with E-state index in [0.29, 0.717) is 33.7 Å². The Labute approximate surface area is 223 Å². The Morgan fingerprint density at radius 3 is 2.49 bits per heavy atom. The van der Waals surface area contributed by atoms with Gasteiger partial charge in [-0.1, -0.05) is 30.3 Å². The van der Waals surface area contributed by atoms with Crippen LogP contribution in [0.15, 0.2) is 88.5 Å². The van der Waals surface area contributed by atoms with Crippen LogP contribution in [0.1, 0.15) is 39.4 Å². The molecule has 0 bridgehead atoms. The van der Waals surface area contributed by atoms with E-state index in [0.717, 1.165) is 0 Å². The smallest absolute Gasteiger partial charge is 0.338 e. The number of ketones is 1. The van der Waals surface area contributed by atoms with Crippen LogP contribution in [0.2, 0.25) is 0 Å². The first-order valence-corrected chi connectivity index (χ1v) is 12.2. The lowest BCUT2D eigenvalue weighted by molar-refractivity contribution is -0.117. The van der Waals surface area contributed by atoms with Crippen LogP contribution in [0.3, 0.4) is 0 Å². The van der Waals surface area contributed by atoms with E-state index in [4.69, 9.17) is 18.6 Å². The highest BCUT2D eigenvalue weighted by Crippen LogP contribution is 2.43. The molecule has 1 N–H and O–H groups in total. The Kier molecular flexibility index (Phi) is 6.81. The fraction of sp³-hybridized carbons (Fsp3) is 0.167. The van der Waals surface area contributed by atoms with Crippen molar-refractivity contribution >= 4 is 34.3 Å². The number of para-hydroxylation sites is 1. The molecule has 3 aromatic carbocycles. The number of carbonyl (C=O) groups excluding carboxylic acids is 3. The Morgan fingerprint density at radius 1 is 0.974 bits per heavy atom. The first-order valence-electron chi connectivity index (χ1n) is 12.2. The fourth-order valence-electron chi connectivity index (χ4n) is 4.67. The van der Waals surface area contributed by atoms with E-state index in [1.165, 1.54) is 31.3 Å². The number of aliphatic hydroxyl groups excluding tert-OH is 1. The summed E-state index contributed by atoms with van der Waals surface area (Å²) in [4.78, 5) is 41.1. The molecule has 9 nitrogen and oxygen atoms in total. The number of aliphatic hydroxyl groups is 1. The Bertz CT molecular complexity index is 1630. The molecule has 5 rings (SSSR count). The van der Waals surface area contributed by atoms with Crippen LogP contribution < -0.4 is 14.4 Å². The van der Waals surface area contributed by atoms with Crippen LogP contribution in [0.5, 0.6) is 11.5 Å². The molecule has 1 aromatic heterocycles. The summed E-state index contributed by atoms with van der Waals surface area (Å²) in [6.07, 6.45) is 0. The Hall–Kier alpha value is -5.05. The zero-order valence-electron chi connectivity index (χ0n) is 21.5. The minimum Gasteiger partial charge on any atom is -0.503 e. The summed E-state index contributed by atoms with van der Waals surface area (Å²) < 4.78 is 21.7. The second-order valence-electron chi connectivity index (χ2n) is 8.71. The van der Waals surface area contributed by atoms with Crippen molar-refractivity contribution in [2.75, 3.05) is 25.7 Å². The minimum absolute atomic E-state index is 0.0705. The molecule has 0 saturated carbocycles.